The van der Waals surface area contributed by atoms with E-state index in [4.69, 9.17) is 14.6 Å². The van der Waals surface area contributed by atoms with Crippen LogP contribution in [0.2, 0.25) is 0 Å². The van der Waals surface area contributed by atoms with Crippen LogP contribution in [0.4, 0.5) is 14.9 Å². The summed E-state index contributed by atoms with van der Waals surface area (Å²) < 4.78 is 52.2. The zero-order valence-corrected chi connectivity index (χ0v) is 20.3. The molecule has 3 aromatic rings. The maximum Gasteiger partial charge on any atom is 0.404 e. The molecule has 10 nitrogen and oxygen atoms in total. The van der Waals surface area contributed by atoms with E-state index in [9.17, 15) is 17.6 Å². The number of fused-ring (bicyclic) bond motifs is 1. The van der Waals surface area contributed by atoms with Crippen molar-refractivity contribution in [2.45, 2.75) is 30.4 Å². The maximum atomic E-state index is 14.9. The lowest BCUT2D eigenvalue weighted by atomic mass is 10.1. The van der Waals surface area contributed by atoms with Crippen molar-refractivity contribution in [1.82, 2.24) is 14.7 Å². The van der Waals surface area contributed by atoms with E-state index < -0.39 is 26.5 Å². The third-order valence-corrected chi connectivity index (χ3v) is 7.65. The van der Waals surface area contributed by atoms with Crippen molar-refractivity contribution in [3.63, 3.8) is 0 Å². The van der Waals surface area contributed by atoms with Crippen molar-refractivity contribution in [1.29, 1.82) is 0 Å². The number of benzene rings is 1. The average molecular weight is 495 g/mol. The van der Waals surface area contributed by atoms with Crippen molar-refractivity contribution in [2.24, 2.45) is 0 Å². The summed E-state index contributed by atoms with van der Waals surface area (Å²) in [7, 11) is -1.07. The van der Waals surface area contributed by atoms with Crippen LogP contribution in [-0.4, -0.2) is 61.1 Å². The van der Waals surface area contributed by atoms with Gasteiger partial charge in [0.25, 0.3) is 0 Å². The van der Waals surface area contributed by atoms with Gasteiger partial charge in [0.05, 0.1) is 36.5 Å². The van der Waals surface area contributed by atoms with Gasteiger partial charge in [-0.05, 0) is 32.9 Å². The van der Waals surface area contributed by atoms with Crippen LogP contribution in [0.5, 0.6) is 11.5 Å². The van der Waals surface area contributed by atoms with Gasteiger partial charge in [0.1, 0.15) is 16.3 Å². The third kappa shape index (κ3) is 4.72. The van der Waals surface area contributed by atoms with Gasteiger partial charge >= 0.3 is 6.09 Å². The van der Waals surface area contributed by atoms with Crippen LogP contribution in [0.3, 0.4) is 0 Å². The maximum absolute atomic E-state index is 14.9. The highest BCUT2D eigenvalue weighted by Crippen LogP contribution is 2.37. The number of hydrogen-bond acceptors (Lipinski definition) is 7. The van der Waals surface area contributed by atoms with Crippen molar-refractivity contribution in [2.75, 3.05) is 32.6 Å². The number of halogens is 1. The molecule has 0 unspecified atom stereocenters. The minimum Gasteiger partial charge on any atom is -0.495 e. The molecule has 1 amide bonds. The molecule has 3 N–H and O–H groups in total. The molecule has 12 heteroatoms. The number of anilines is 1. The number of aromatic nitrogens is 2. The molecule has 2 aromatic heterocycles. The molecule has 3 rings (SSSR count). The molecule has 0 atom stereocenters. The minimum atomic E-state index is -3.77. The zero-order valence-electron chi connectivity index (χ0n) is 19.5. The first-order chi connectivity index (χ1) is 15.9. The number of carbonyl (C=O) groups is 1. The predicted molar refractivity (Wildman–Crippen MR) is 125 cm³/mol. The molecule has 0 aliphatic rings. The minimum absolute atomic E-state index is 0.0127. The van der Waals surface area contributed by atoms with Gasteiger partial charge in [0, 0.05) is 30.9 Å². The first kappa shape index (κ1) is 25.1. The van der Waals surface area contributed by atoms with Gasteiger partial charge in [-0.1, -0.05) is 0 Å². The monoisotopic (exact) mass is 494 g/mol. The van der Waals surface area contributed by atoms with Crippen LogP contribution >= 0.6 is 0 Å². The van der Waals surface area contributed by atoms with Gasteiger partial charge in [-0.15, -0.1) is 0 Å². The number of methoxy groups -OCH3 is 2. The summed E-state index contributed by atoms with van der Waals surface area (Å²) >= 11 is 0. The van der Waals surface area contributed by atoms with Gasteiger partial charge in [-0.3, -0.25) is 4.40 Å². The molecule has 0 saturated carbocycles. The summed E-state index contributed by atoms with van der Waals surface area (Å²) in [4.78, 5) is 15.0. The number of hydrogen-bond donors (Lipinski definition) is 3. The van der Waals surface area contributed by atoms with Gasteiger partial charge < -0.3 is 25.2 Å². The SMILES string of the molecule is COc1cc2ncc(-c3cc(F)c(OC)c(NCCNC(=O)O)c3)n2cc1S(=O)(=O)C(C)(C)C. The largest absolute Gasteiger partial charge is 0.495 e. The Bertz CT molecular complexity index is 1330. The van der Waals surface area contributed by atoms with Crippen molar-refractivity contribution in [3.8, 4) is 22.8 Å². The Balaban J connectivity index is 2.13. The summed E-state index contributed by atoms with van der Waals surface area (Å²) in [6, 6.07) is 4.39. The lowest BCUT2D eigenvalue weighted by molar-refractivity contribution is 0.195. The number of ether oxygens (including phenoxy) is 2. The highest BCUT2D eigenvalue weighted by molar-refractivity contribution is 7.92. The molecule has 0 aliphatic heterocycles. The zero-order chi connectivity index (χ0) is 25.3. The lowest BCUT2D eigenvalue weighted by Crippen LogP contribution is -2.28. The highest BCUT2D eigenvalue weighted by atomic mass is 32.2. The Hall–Kier alpha value is -3.54. The van der Waals surface area contributed by atoms with E-state index in [0.29, 0.717) is 22.6 Å². The third-order valence-electron chi connectivity index (χ3n) is 5.15. The second-order valence-corrected chi connectivity index (χ2v) is 11.1. The normalized spacial score (nSPS) is 11.9. The molecular weight excluding hydrogens is 467 g/mol. The fourth-order valence-electron chi connectivity index (χ4n) is 3.34. The van der Waals surface area contributed by atoms with Crippen LogP contribution < -0.4 is 20.1 Å². The van der Waals surface area contributed by atoms with E-state index in [1.165, 1.54) is 38.7 Å². The topological polar surface area (TPSA) is 131 Å². The van der Waals surface area contributed by atoms with Gasteiger partial charge in [-0.2, -0.15) is 0 Å². The highest BCUT2D eigenvalue weighted by Gasteiger charge is 2.34. The number of rotatable bonds is 8. The Morgan fingerprint density at radius 2 is 1.88 bits per heavy atom. The second kappa shape index (κ2) is 9.37. The molecule has 0 fully saturated rings. The molecule has 34 heavy (non-hydrogen) atoms. The summed E-state index contributed by atoms with van der Waals surface area (Å²) in [5.74, 6) is -0.529. The quantitative estimate of drug-likeness (QED) is 0.406. The number of carboxylic acid groups (broad SMARTS) is 1. The molecule has 0 radical (unpaired) electrons. The summed E-state index contributed by atoms with van der Waals surface area (Å²) in [6.45, 7) is 5.06. The lowest BCUT2D eigenvalue weighted by Gasteiger charge is -2.21. The standard InChI is InChI=1S/C22H27FN4O6S/c1-22(2,3)34(30,31)18-12-27-16(11-26-19(27)10-17(18)32-4)13-8-14(23)20(33-5)15(9-13)24-6-7-25-21(28)29/h8-12,24-25H,6-7H2,1-5H3,(H,28,29). The first-order valence-corrected chi connectivity index (χ1v) is 11.8. The fraction of sp³-hybridized carbons (Fsp3) is 0.364. The van der Waals surface area contributed by atoms with Crippen LogP contribution in [0, 0.1) is 5.82 Å². The summed E-state index contributed by atoms with van der Waals surface area (Å²) in [5.41, 5.74) is 1.56. The van der Waals surface area contributed by atoms with E-state index in [2.05, 4.69) is 15.6 Å². The van der Waals surface area contributed by atoms with E-state index in [0.717, 1.165) is 0 Å². The van der Waals surface area contributed by atoms with Crippen molar-refractivity contribution in [3.05, 3.63) is 36.4 Å². The number of imidazole rings is 1. The second-order valence-electron chi connectivity index (χ2n) is 8.39. The van der Waals surface area contributed by atoms with E-state index in [1.807, 2.05) is 0 Å². The van der Waals surface area contributed by atoms with Crippen molar-refractivity contribution >= 4 is 27.3 Å². The van der Waals surface area contributed by atoms with Crippen LogP contribution in [0.1, 0.15) is 20.8 Å². The Labute approximate surface area is 196 Å². The molecule has 1 aromatic carbocycles. The van der Waals surface area contributed by atoms with E-state index >= 15 is 0 Å². The van der Waals surface area contributed by atoms with E-state index in [1.54, 1.807) is 31.2 Å². The van der Waals surface area contributed by atoms with Crippen LogP contribution in [-0.2, 0) is 9.84 Å². The summed E-state index contributed by atoms with van der Waals surface area (Å²) in [5, 5.41) is 13.9. The summed E-state index contributed by atoms with van der Waals surface area (Å²) in [6.07, 6.45) is 1.75. The number of nitrogens with one attached hydrogen (secondary N) is 2. The fourth-order valence-corrected chi connectivity index (χ4v) is 4.65. The molecular formula is C22H27FN4O6S. The van der Waals surface area contributed by atoms with Gasteiger partial charge in [0.15, 0.2) is 21.4 Å². The van der Waals surface area contributed by atoms with E-state index in [-0.39, 0.29) is 29.5 Å². The molecule has 0 aliphatic carbocycles. The number of sulfone groups is 1. The molecule has 0 spiro atoms. The smallest absolute Gasteiger partial charge is 0.404 e. The van der Waals surface area contributed by atoms with Crippen molar-refractivity contribution < 1.29 is 32.2 Å². The molecule has 0 saturated heterocycles. The number of amides is 1. The van der Waals surface area contributed by atoms with Crippen LogP contribution in [0.25, 0.3) is 16.9 Å². The number of pyridine rings is 1. The van der Waals surface area contributed by atoms with Crippen LogP contribution in [0.15, 0.2) is 35.5 Å². The first-order valence-electron chi connectivity index (χ1n) is 10.3. The van der Waals surface area contributed by atoms with Gasteiger partial charge in [0.2, 0.25) is 0 Å². The molecule has 2 heterocycles. The van der Waals surface area contributed by atoms with Gasteiger partial charge in [-0.25, -0.2) is 22.6 Å². The molecule has 0 bridgehead atoms. The number of nitrogens with zero attached hydrogens (tertiary/aromatic N) is 2. The predicted octanol–water partition coefficient (Wildman–Crippen LogP) is 3.41. The Morgan fingerprint density at radius 1 is 1.18 bits per heavy atom. The Morgan fingerprint density at radius 3 is 2.47 bits per heavy atom. The Kier molecular flexibility index (Phi) is 6.92. The average Bonchev–Trinajstić information content (AvgIpc) is 3.17. The molecule has 184 valence electrons.